The molecule has 1 aromatic rings. The summed E-state index contributed by atoms with van der Waals surface area (Å²) >= 11 is 0. The second kappa shape index (κ2) is 6.82. The number of urea groups is 1. The summed E-state index contributed by atoms with van der Waals surface area (Å²) in [6.07, 6.45) is 1.92. The minimum atomic E-state index is -0.993. The summed E-state index contributed by atoms with van der Waals surface area (Å²) < 4.78 is 5.20. The largest absolute Gasteiger partial charge is 0.480 e. The summed E-state index contributed by atoms with van der Waals surface area (Å²) in [4.78, 5) is 26.1. The summed E-state index contributed by atoms with van der Waals surface area (Å²) in [5.74, 6) is -0.320. The third kappa shape index (κ3) is 3.74. The van der Waals surface area contributed by atoms with E-state index in [1.807, 2.05) is 6.92 Å². The van der Waals surface area contributed by atoms with Gasteiger partial charge in [0, 0.05) is 13.6 Å². The monoisotopic (exact) mass is 268 g/mol. The molecular weight excluding hydrogens is 248 g/mol. The van der Waals surface area contributed by atoms with Crippen LogP contribution in [0.4, 0.5) is 4.79 Å². The van der Waals surface area contributed by atoms with E-state index in [9.17, 15) is 9.59 Å². The van der Waals surface area contributed by atoms with Crippen LogP contribution in [-0.2, 0) is 11.3 Å². The van der Waals surface area contributed by atoms with Crippen LogP contribution in [0.15, 0.2) is 22.8 Å². The van der Waals surface area contributed by atoms with Crippen LogP contribution in [0.5, 0.6) is 0 Å². The number of likely N-dealkylation sites (N-methyl/N-ethyl adjacent to an activating group) is 1. The summed E-state index contributed by atoms with van der Waals surface area (Å²) in [5.41, 5.74) is 0. The van der Waals surface area contributed by atoms with Gasteiger partial charge in [-0.05, 0) is 25.5 Å². The molecule has 0 bridgehead atoms. The molecule has 19 heavy (non-hydrogen) atoms. The highest BCUT2D eigenvalue weighted by Gasteiger charge is 2.27. The number of hydrogen-bond donors (Lipinski definition) is 1. The van der Waals surface area contributed by atoms with Gasteiger partial charge in [-0.3, -0.25) is 0 Å². The number of hydrogen-bond acceptors (Lipinski definition) is 3. The van der Waals surface area contributed by atoms with Crippen molar-refractivity contribution in [2.45, 2.75) is 32.9 Å². The molecule has 1 unspecified atom stereocenters. The van der Waals surface area contributed by atoms with E-state index >= 15 is 0 Å². The van der Waals surface area contributed by atoms with E-state index in [0.29, 0.717) is 25.3 Å². The highest BCUT2D eigenvalue weighted by Crippen LogP contribution is 2.11. The van der Waals surface area contributed by atoms with E-state index in [0.717, 1.165) is 0 Å². The lowest BCUT2D eigenvalue weighted by molar-refractivity contribution is -0.142. The molecule has 0 aliphatic heterocycles. The van der Waals surface area contributed by atoms with Gasteiger partial charge >= 0.3 is 12.0 Å². The van der Waals surface area contributed by atoms with Crippen molar-refractivity contribution in [3.8, 4) is 0 Å². The van der Waals surface area contributed by atoms with Crippen LogP contribution in [0.2, 0.25) is 0 Å². The average Bonchev–Trinajstić information content (AvgIpc) is 2.88. The Balaban J connectivity index is 2.74. The van der Waals surface area contributed by atoms with E-state index in [4.69, 9.17) is 9.52 Å². The fraction of sp³-hybridized carbons (Fsp3) is 0.538. The molecule has 0 fully saturated rings. The molecule has 1 N–H and O–H groups in total. The van der Waals surface area contributed by atoms with Crippen LogP contribution in [0, 0.1) is 0 Å². The zero-order valence-corrected chi connectivity index (χ0v) is 11.5. The van der Waals surface area contributed by atoms with Gasteiger partial charge in [-0.15, -0.1) is 0 Å². The number of furan rings is 1. The van der Waals surface area contributed by atoms with Crippen LogP contribution in [0.3, 0.4) is 0 Å². The van der Waals surface area contributed by atoms with Crippen molar-refractivity contribution in [2.24, 2.45) is 0 Å². The standard InChI is InChI=1S/C13H20N2O4/c1-4-11(12(16)17)14(3)13(18)15(5-2)9-10-7-6-8-19-10/h6-8,11H,4-5,9H2,1-3H3,(H,16,17). The van der Waals surface area contributed by atoms with Gasteiger partial charge < -0.3 is 19.3 Å². The highest BCUT2D eigenvalue weighted by molar-refractivity contribution is 5.82. The Morgan fingerprint density at radius 2 is 2.11 bits per heavy atom. The van der Waals surface area contributed by atoms with Crippen molar-refractivity contribution in [1.82, 2.24) is 9.80 Å². The minimum Gasteiger partial charge on any atom is -0.480 e. The van der Waals surface area contributed by atoms with E-state index < -0.39 is 12.0 Å². The SMILES string of the molecule is CCC(C(=O)O)N(C)C(=O)N(CC)Cc1ccco1. The van der Waals surface area contributed by atoms with Crippen molar-refractivity contribution in [3.05, 3.63) is 24.2 Å². The summed E-state index contributed by atoms with van der Waals surface area (Å²) in [6, 6.07) is 2.42. The molecule has 0 saturated heterocycles. The van der Waals surface area contributed by atoms with Gasteiger partial charge in [0.05, 0.1) is 12.8 Å². The molecule has 0 aliphatic rings. The normalized spacial score (nSPS) is 11.9. The maximum atomic E-state index is 12.3. The molecule has 1 rings (SSSR count). The predicted octanol–water partition coefficient (Wildman–Crippen LogP) is 2.02. The smallest absolute Gasteiger partial charge is 0.326 e. The molecule has 6 nitrogen and oxygen atoms in total. The van der Waals surface area contributed by atoms with Crippen molar-refractivity contribution in [2.75, 3.05) is 13.6 Å². The van der Waals surface area contributed by atoms with Gasteiger partial charge in [-0.1, -0.05) is 6.92 Å². The fourth-order valence-corrected chi connectivity index (χ4v) is 1.88. The van der Waals surface area contributed by atoms with Gasteiger partial charge in [0.1, 0.15) is 11.8 Å². The first-order chi connectivity index (χ1) is 9.01. The van der Waals surface area contributed by atoms with Gasteiger partial charge in [0.25, 0.3) is 0 Å². The third-order valence-corrected chi connectivity index (χ3v) is 3.02. The Kier molecular flexibility index (Phi) is 5.41. The van der Waals surface area contributed by atoms with Crippen LogP contribution in [-0.4, -0.2) is 46.5 Å². The van der Waals surface area contributed by atoms with E-state index in [1.54, 1.807) is 30.2 Å². The van der Waals surface area contributed by atoms with Gasteiger partial charge in [0.15, 0.2) is 0 Å². The lowest BCUT2D eigenvalue weighted by Crippen LogP contribution is -2.48. The van der Waals surface area contributed by atoms with Gasteiger partial charge in [-0.2, -0.15) is 0 Å². The number of carboxylic acid groups (broad SMARTS) is 1. The van der Waals surface area contributed by atoms with Crippen molar-refractivity contribution >= 4 is 12.0 Å². The minimum absolute atomic E-state index is 0.312. The highest BCUT2D eigenvalue weighted by atomic mass is 16.4. The van der Waals surface area contributed by atoms with Crippen molar-refractivity contribution in [3.63, 3.8) is 0 Å². The molecule has 1 aromatic heterocycles. The summed E-state index contributed by atoms with van der Waals surface area (Å²) in [6.45, 7) is 4.41. The first-order valence-corrected chi connectivity index (χ1v) is 6.28. The molecule has 106 valence electrons. The zero-order valence-electron chi connectivity index (χ0n) is 11.5. The molecule has 6 heteroatoms. The number of carbonyl (C=O) groups is 2. The Labute approximate surface area is 112 Å². The second-order valence-electron chi connectivity index (χ2n) is 4.25. The Hall–Kier alpha value is -1.98. The number of carbonyl (C=O) groups excluding carboxylic acids is 1. The second-order valence-corrected chi connectivity index (χ2v) is 4.25. The molecule has 0 aliphatic carbocycles. The van der Waals surface area contributed by atoms with Gasteiger partial charge in [0.2, 0.25) is 0 Å². The zero-order chi connectivity index (χ0) is 14.4. The summed E-state index contributed by atoms with van der Waals surface area (Å²) in [7, 11) is 1.51. The first-order valence-electron chi connectivity index (χ1n) is 6.28. The predicted molar refractivity (Wildman–Crippen MR) is 69.7 cm³/mol. The van der Waals surface area contributed by atoms with Crippen LogP contribution in [0.1, 0.15) is 26.0 Å². The van der Waals surface area contributed by atoms with Crippen molar-refractivity contribution in [1.29, 1.82) is 0 Å². The molecule has 1 atom stereocenters. The first kappa shape index (κ1) is 15.1. The Bertz CT molecular complexity index is 416. The number of rotatable bonds is 6. The van der Waals surface area contributed by atoms with E-state index in [1.165, 1.54) is 11.9 Å². The molecule has 0 radical (unpaired) electrons. The maximum Gasteiger partial charge on any atom is 0.326 e. The molecule has 0 saturated carbocycles. The topological polar surface area (TPSA) is 74.0 Å². The number of carboxylic acids is 1. The van der Waals surface area contributed by atoms with Gasteiger partial charge in [-0.25, -0.2) is 9.59 Å². The van der Waals surface area contributed by atoms with E-state index in [-0.39, 0.29) is 6.03 Å². The number of nitrogens with zero attached hydrogens (tertiary/aromatic N) is 2. The van der Waals surface area contributed by atoms with Crippen LogP contribution in [0.25, 0.3) is 0 Å². The Morgan fingerprint density at radius 1 is 1.42 bits per heavy atom. The van der Waals surface area contributed by atoms with Crippen LogP contribution >= 0.6 is 0 Å². The fourth-order valence-electron chi connectivity index (χ4n) is 1.88. The van der Waals surface area contributed by atoms with E-state index in [2.05, 4.69) is 0 Å². The molecular formula is C13H20N2O4. The number of amides is 2. The lowest BCUT2D eigenvalue weighted by atomic mass is 10.2. The number of aliphatic carboxylic acids is 1. The van der Waals surface area contributed by atoms with Crippen molar-refractivity contribution < 1.29 is 19.1 Å². The Morgan fingerprint density at radius 3 is 2.53 bits per heavy atom. The third-order valence-electron chi connectivity index (χ3n) is 3.02. The van der Waals surface area contributed by atoms with Crippen LogP contribution < -0.4 is 0 Å². The molecule has 0 aromatic carbocycles. The average molecular weight is 268 g/mol. The lowest BCUT2D eigenvalue weighted by Gasteiger charge is -2.30. The quantitative estimate of drug-likeness (QED) is 0.856. The molecule has 2 amide bonds. The molecule has 1 heterocycles. The molecule has 0 spiro atoms. The maximum absolute atomic E-state index is 12.3. The summed E-state index contributed by atoms with van der Waals surface area (Å²) in [5, 5.41) is 9.07.